The maximum atomic E-state index is 12.8. The first kappa shape index (κ1) is 21.1. The second-order valence-electron chi connectivity index (χ2n) is 5.97. The summed E-state index contributed by atoms with van der Waals surface area (Å²) >= 11 is 0. The zero-order chi connectivity index (χ0) is 20.8. The van der Waals surface area contributed by atoms with Crippen LogP contribution in [0.15, 0.2) is 15.5 Å². The van der Waals surface area contributed by atoms with Gasteiger partial charge in [0.05, 0.1) is 13.2 Å². The third-order valence-corrected chi connectivity index (χ3v) is 4.08. The van der Waals surface area contributed by atoms with E-state index in [9.17, 15) is 19.2 Å². The Labute approximate surface area is 161 Å². The molecule has 0 fully saturated rings. The summed E-state index contributed by atoms with van der Waals surface area (Å²) in [6.45, 7) is 7.19. The minimum atomic E-state index is -0.687. The lowest BCUT2D eigenvalue weighted by Gasteiger charge is -2.20. The van der Waals surface area contributed by atoms with Crippen LogP contribution in [0.1, 0.15) is 36.9 Å². The number of nitrogens with one attached hydrogen (secondary N) is 1. The molecule has 0 saturated heterocycles. The highest BCUT2D eigenvalue weighted by molar-refractivity contribution is 6.03. The number of ether oxygens (including phenoxy) is 1. The van der Waals surface area contributed by atoms with E-state index in [1.54, 1.807) is 20.8 Å². The lowest BCUT2D eigenvalue weighted by Crippen LogP contribution is -2.43. The van der Waals surface area contributed by atoms with Crippen molar-refractivity contribution in [3.8, 4) is 0 Å². The quantitative estimate of drug-likeness (QED) is 0.647. The van der Waals surface area contributed by atoms with Gasteiger partial charge in [0.15, 0.2) is 0 Å². The molecule has 1 N–H and O–H groups in total. The largest absolute Gasteiger partial charge is 0.462 e. The number of fused-ring (bicyclic) bond motifs is 1. The zero-order valence-electron chi connectivity index (χ0n) is 16.4. The lowest BCUT2D eigenvalue weighted by molar-refractivity contribution is -0.136. The zero-order valence-corrected chi connectivity index (χ0v) is 16.4. The normalized spacial score (nSPS) is 10.7. The van der Waals surface area contributed by atoms with Crippen molar-refractivity contribution in [2.45, 2.75) is 34.2 Å². The van der Waals surface area contributed by atoms with Crippen LogP contribution in [0.5, 0.6) is 0 Å². The standard InChI is InChI=1S/C18H24N4O6/c1-5-19-12(23)8-21(6-2)13(24)9-22-10-20-16-15(17(22)25)14(11(4)28-16)18(26)27-7-3/h10H,5-9H2,1-4H3,(H,19,23). The van der Waals surface area contributed by atoms with E-state index in [-0.39, 0.29) is 48.0 Å². The Kier molecular flexibility index (Phi) is 6.91. The molecule has 10 heteroatoms. The minimum Gasteiger partial charge on any atom is -0.462 e. The van der Waals surface area contributed by atoms with E-state index in [4.69, 9.17) is 9.15 Å². The highest BCUT2D eigenvalue weighted by atomic mass is 16.5. The van der Waals surface area contributed by atoms with E-state index >= 15 is 0 Å². The minimum absolute atomic E-state index is 0.00363. The average molecular weight is 392 g/mol. The van der Waals surface area contributed by atoms with Gasteiger partial charge in [-0.25, -0.2) is 9.78 Å². The van der Waals surface area contributed by atoms with Crippen molar-refractivity contribution in [3.63, 3.8) is 0 Å². The molecule has 0 aromatic carbocycles. The predicted molar refractivity (Wildman–Crippen MR) is 99.9 cm³/mol. The Bertz CT molecular complexity index is 945. The number of nitrogens with zero attached hydrogens (tertiary/aromatic N) is 3. The van der Waals surface area contributed by atoms with Crippen molar-refractivity contribution < 1.29 is 23.5 Å². The molecule has 2 rings (SSSR count). The summed E-state index contributed by atoms with van der Waals surface area (Å²) in [5, 5.41) is 2.59. The molecule has 2 aromatic rings. The number of rotatable bonds is 8. The van der Waals surface area contributed by atoms with E-state index in [1.807, 2.05) is 0 Å². The molecule has 0 aliphatic heterocycles. The van der Waals surface area contributed by atoms with Gasteiger partial charge < -0.3 is 19.4 Å². The van der Waals surface area contributed by atoms with Crippen molar-refractivity contribution in [1.29, 1.82) is 0 Å². The SMILES string of the molecule is CCNC(=O)CN(CC)C(=O)Cn1cnc2oc(C)c(C(=O)OCC)c2c1=O. The topological polar surface area (TPSA) is 124 Å². The summed E-state index contributed by atoms with van der Waals surface area (Å²) in [5.74, 6) is -1.18. The van der Waals surface area contributed by atoms with Crippen LogP contribution in [0, 0.1) is 6.92 Å². The van der Waals surface area contributed by atoms with E-state index in [0.717, 1.165) is 4.57 Å². The van der Waals surface area contributed by atoms with Gasteiger partial charge in [-0.2, -0.15) is 0 Å². The van der Waals surface area contributed by atoms with Crippen LogP contribution in [-0.4, -0.2) is 58.5 Å². The Balaban J connectivity index is 2.35. The van der Waals surface area contributed by atoms with Crippen LogP contribution in [0.4, 0.5) is 0 Å². The van der Waals surface area contributed by atoms with Crippen LogP contribution in [0.3, 0.4) is 0 Å². The fraction of sp³-hybridized carbons (Fsp3) is 0.500. The van der Waals surface area contributed by atoms with Gasteiger partial charge in [0.25, 0.3) is 5.56 Å². The summed E-state index contributed by atoms with van der Waals surface area (Å²) in [7, 11) is 0. The number of hydrogen-bond donors (Lipinski definition) is 1. The molecule has 0 unspecified atom stereocenters. The van der Waals surface area contributed by atoms with Crippen molar-refractivity contribution in [2.24, 2.45) is 0 Å². The maximum Gasteiger partial charge on any atom is 0.342 e. The third kappa shape index (κ3) is 4.38. The fourth-order valence-electron chi connectivity index (χ4n) is 2.75. The third-order valence-electron chi connectivity index (χ3n) is 4.08. The first-order chi connectivity index (χ1) is 13.3. The van der Waals surface area contributed by atoms with Crippen molar-refractivity contribution >= 4 is 28.9 Å². The second-order valence-corrected chi connectivity index (χ2v) is 5.97. The van der Waals surface area contributed by atoms with Gasteiger partial charge in [0.1, 0.15) is 29.6 Å². The number of aromatic nitrogens is 2. The van der Waals surface area contributed by atoms with Gasteiger partial charge in [-0.3, -0.25) is 19.0 Å². The summed E-state index contributed by atoms with van der Waals surface area (Å²) < 4.78 is 11.4. The predicted octanol–water partition coefficient (Wildman–Crippen LogP) is 0.459. The average Bonchev–Trinajstić information content (AvgIpc) is 2.99. The molecule has 0 spiro atoms. The number of amides is 2. The van der Waals surface area contributed by atoms with E-state index in [0.29, 0.717) is 13.1 Å². The van der Waals surface area contributed by atoms with Gasteiger partial charge in [-0.15, -0.1) is 0 Å². The molecule has 2 heterocycles. The molecule has 2 aromatic heterocycles. The van der Waals surface area contributed by atoms with Gasteiger partial charge in [-0.1, -0.05) is 0 Å². The molecule has 0 aliphatic carbocycles. The molecule has 0 saturated carbocycles. The van der Waals surface area contributed by atoms with Crippen molar-refractivity contribution in [2.75, 3.05) is 26.2 Å². The molecular weight excluding hydrogens is 368 g/mol. The number of carbonyl (C=O) groups excluding carboxylic acids is 3. The molecule has 10 nitrogen and oxygen atoms in total. The molecule has 2 amide bonds. The highest BCUT2D eigenvalue weighted by Crippen LogP contribution is 2.21. The van der Waals surface area contributed by atoms with Gasteiger partial charge in [-0.05, 0) is 27.7 Å². The highest BCUT2D eigenvalue weighted by Gasteiger charge is 2.25. The van der Waals surface area contributed by atoms with Gasteiger partial charge in [0.2, 0.25) is 17.5 Å². The van der Waals surface area contributed by atoms with Crippen LogP contribution < -0.4 is 10.9 Å². The van der Waals surface area contributed by atoms with Gasteiger partial charge >= 0.3 is 5.97 Å². The number of aryl methyl sites for hydroxylation is 1. The molecular formula is C18H24N4O6. The van der Waals surface area contributed by atoms with Gasteiger partial charge in [0, 0.05) is 13.1 Å². The Hall–Kier alpha value is -3.17. The second kappa shape index (κ2) is 9.16. The summed E-state index contributed by atoms with van der Waals surface area (Å²) in [6, 6.07) is 0. The maximum absolute atomic E-state index is 12.8. The smallest absolute Gasteiger partial charge is 0.342 e. The van der Waals surface area contributed by atoms with Crippen LogP contribution in [0.25, 0.3) is 11.1 Å². The number of likely N-dealkylation sites (N-methyl/N-ethyl adjacent to an activating group) is 2. The molecule has 152 valence electrons. The molecule has 0 atom stereocenters. The molecule has 0 bridgehead atoms. The summed E-state index contributed by atoms with van der Waals surface area (Å²) in [5.41, 5.74) is -0.581. The van der Waals surface area contributed by atoms with Crippen molar-refractivity contribution in [1.82, 2.24) is 19.8 Å². The molecule has 28 heavy (non-hydrogen) atoms. The fourth-order valence-corrected chi connectivity index (χ4v) is 2.75. The number of carbonyl (C=O) groups is 3. The van der Waals surface area contributed by atoms with E-state index < -0.39 is 17.4 Å². The van der Waals surface area contributed by atoms with Crippen LogP contribution in [-0.2, 0) is 20.9 Å². The molecule has 0 aliphatic rings. The number of esters is 1. The Morgan fingerprint density at radius 3 is 2.61 bits per heavy atom. The van der Waals surface area contributed by atoms with E-state index in [2.05, 4.69) is 10.3 Å². The Morgan fingerprint density at radius 1 is 1.29 bits per heavy atom. The van der Waals surface area contributed by atoms with Crippen LogP contribution >= 0.6 is 0 Å². The summed E-state index contributed by atoms with van der Waals surface area (Å²) in [4.78, 5) is 54.7. The van der Waals surface area contributed by atoms with E-state index in [1.165, 1.54) is 18.2 Å². The first-order valence-electron chi connectivity index (χ1n) is 9.04. The molecule has 0 radical (unpaired) electrons. The van der Waals surface area contributed by atoms with Crippen LogP contribution in [0.2, 0.25) is 0 Å². The lowest BCUT2D eigenvalue weighted by atomic mass is 10.2. The number of furan rings is 1. The summed E-state index contributed by atoms with van der Waals surface area (Å²) in [6.07, 6.45) is 1.18. The van der Waals surface area contributed by atoms with Crippen molar-refractivity contribution in [3.05, 3.63) is 28.0 Å². The monoisotopic (exact) mass is 392 g/mol. The Morgan fingerprint density at radius 2 is 2.00 bits per heavy atom. The first-order valence-corrected chi connectivity index (χ1v) is 9.04. The number of hydrogen-bond acceptors (Lipinski definition) is 7.